The van der Waals surface area contributed by atoms with Gasteiger partial charge in [0.05, 0.1) is 18.5 Å². The van der Waals surface area contributed by atoms with Gasteiger partial charge >= 0.3 is 0 Å². The van der Waals surface area contributed by atoms with Crippen LogP contribution in [0.4, 0.5) is 10.1 Å². The van der Waals surface area contributed by atoms with Crippen LogP contribution in [0.3, 0.4) is 0 Å². The van der Waals surface area contributed by atoms with Gasteiger partial charge in [-0.15, -0.1) is 0 Å². The molecule has 1 N–H and O–H groups in total. The van der Waals surface area contributed by atoms with E-state index in [0.717, 1.165) is 0 Å². The van der Waals surface area contributed by atoms with E-state index in [-0.39, 0.29) is 48.0 Å². The number of halogens is 1. The molecule has 23 heavy (non-hydrogen) atoms. The molecule has 118 valence electrons. The molecule has 2 bridgehead atoms. The third kappa shape index (κ3) is 1.76. The molecule has 4 nitrogen and oxygen atoms in total. The van der Waals surface area contributed by atoms with Crippen molar-refractivity contribution in [2.75, 3.05) is 12.0 Å². The molecule has 5 aliphatic rings. The third-order valence-corrected chi connectivity index (χ3v) is 6.04. The van der Waals surface area contributed by atoms with E-state index in [1.807, 2.05) is 0 Å². The summed E-state index contributed by atoms with van der Waals surface area (Å²) in [6.07, 6.45) is 5.51. The van der Waals surface area contributed by atoms with E-state index >= 15 is 0 Å². The first-order valence-corrected chi connectivity index (χ1v) is 8.18. The summed E-state index contributed by atoms with van der Waals surface area (Å²) >= 11 is 0. The van der Waals surface area contributed by atoms with Gasteiger partial charge in [0.15, 0.2) is 0 Å². The SMILES string of the molecule is O=C1[C@H]2[C@@H]3C=C[C@H]([C@H]4C[C@H]34)[C@@H]2C(=O)N1CNc1ccc(F)cc1. The summed E-state index contributed by atoms with van der Waals surface area (Å²) in [7, 11) is 0. The van der Waals surface area contributed by atoms with Crippen molar-refractivity contribution in [2.45, 2.75) is 6.42 Å². The Bertz CT molecular complexity index is 693. The molecule has 0 aromatic heterocycles. The number of nitrogens with one attached hydrogen (secondary N) is 1. The van der Waals surface area contributed by atoms with E-state index in [9.17, 15) is 14.0 Å². The molecule has 0 radical (unpaired) electrons. The molecule has 2 amide bonds. The van der Waals surface area contributed by atoms with Crippen LogP contribution in [0, 0.1) is 41.3 Å². The Labute approximate surface area is 133 Å². The first-order valence-electron chi connectivity index (χ1n) is 8.18. The topological polar surface area (TPSA) is 49.4 Å². The molecule has 4 aliphatic carbocycles. The molecule has 1 saturated heterocycles. The molecule has 0 spiro atoms. The molecule has 1 heterocycles. The maximum absolute atomic E-state index is 12.9. The minimum absolute atomic E-state index is 0.0423. The monoisotopic (exact) mass is 312 g/mol. The van der Waals surface area contributed by atoms with Gasteiger partial charge in [0.1, 0.15) is 5.82 Å². The van der Waals surface area contributed by atoms with Crippen LogP contribution in [-0.4, -0.2) is 23.4 Å². The summed E-state index contributed by atoms with van der Waals surface area (Å²) in [6, 6.07) is 5.92. The van der Waals surface area contributed by atoms with Gasteiger partial charge in [0.2, 0.25) is 11.8 Å². The third-order valence-electron chi connectivity index (χ3n) is 6.04. The average molecular weight is 312 g/mol. The van der Waals surface area contributed by atoms with Crippen LogP contribution in [0.2, 0.25) is 0 Å². The summed E-state index contributed by atoms with van der Waals surface area (Å²) in [5, 5.41) is 3.05. The van der Waals surface area contributed by atoms with Crippen LogP contribution in [0.1, 0.15) is 6.42 Å². The Morgan fingerprint density at radius 1 is 1.00 bits per heavy atom. The predicted octanol–water partition coefficient (Wildman–Crippen LogP) is 2.25. The number of amides is 2. The number of anilines is 1. The molecular formula is C18H17FN2O2. The minimum atomic E-state index is -0.309. The highest BCUT2D eigenvalue weighted by molar-refractivity contribution is 6.06. The van der Waals surface area contributed by atoms with Crippen molar-refractivity contribution < 1.29 is 14.0 Å². The zero-order valence-electron chi connectivity index (χ0n) is 12.5. The maximum Gasteiger partial charge on any atom is 0.235 e. The van der Waals surface area contributed by atoms with Crippen LogP contribution in [0.5, 0.6) is 0 Å². The first kappa shape index (κ1) is 13.3. The molecular weight excluding hydrogens is 295 g/mol. The smallest absolute Gasteiger partial charge is 0.235 e. The van der Waals surface area contributed by atoms with E-state index in [2.05, 4.69) is 17.5 Å². The lowest BCUT2D eigenvalue weighted by atomic mass is 9.63. The normalized spacial score (nSPS) is 39.4. The van der Waals surface area contributed by atoms with Gasteiger partial charge in [-0.3, -0.25) is 14.5 Å². The van der Waals surface area contributed by atoms with Gasteiger partial charge in [-0.1, -0.05) is 12.2 Å². The standard InChI is InChI=1S/C18H17FN2O2/c19-9-1-3-10(4-2-9)20-8-21-17(22)15-11-5-6-12(14-7-13(11)14)16(15)18(21)23/h1-6,11-16,20H,7-8H2/t11-,12-,13-,14-,15+,16+/m1/s1. The Hall–Kier alpha value is -2.17. The van der Waals surface area contributed by atoms with E-state index in [1.54, 1.807) is 12.1 Å². The van der Waals surface area contributed by atoms with Crippen LogP contribution in [-0.2, 0) is 9.59 Å². The lowest BCUT2D eigenvalue weighted by Crippen LogP contribution is -2.40. The number of imide groups is 1. The fraction of sp³-hybridized carbons (Fsp3) is 0.444. The Balaban J connectivity index is 1.36. The number of carbonyl (C=O) groups excluding carboxylic acids is 2. The molecule has 5 heteroatoms. The Kier molecular flexibility index (Phi) is 2.56. The van der Waals surface area contributed by atoms with Gasteiger partial charge in [-0.2, -0.15) is 0 Å². The molecule has 2 saturated carbocycles. The largest absolute Gasteiger partial charge is 0.367 e. The Morgan fingerprint density at radius 2 is 1.57 bits per heavy atom. The van der Waals surface area contributed by atoms with Crippen molar-refractivity contribution in [3.05, 3.63) is 42.2 Å². The van der Waals surface area contributed by atoms with Crippen molar-refractivity contribution in [1.29, 1.82) is 0 Å². The minimum Gasteiger partial charge on any atom is -0.367 e. The van der Waals surface area contributed by atoms with Crippen molar-refractivity contribution >= 4 is 17.5 Å². The second kappa shape index (κ2) is 4.43. The maximum atomic E-state index is 12.9. The van der Waals surface area contributed by atoms with Gasteiger partial charge in [0, 0.05) is 5.69 Å². The predicted molar refractivity (Wildman–Crippen MR) is 81.4 cm³/mol. The quantitative estimate of drug-likeness (QED) is 0.688. The number of nitrogens with zero attached hydrogens (tertiary/aromatic N) is 1. The lowest BCUT2D eigenvalue weighted by molar-refractivity contribution is -0.139. The molecule has 1 aromatic carbocycles. The molecule has 6 atom stereocenters. The number of hydrogen-bond donors (Lipinski definition) is 1. The van der Waals surface area contributed by atoms with E-state index in [0.29, 0.717) is 17.5 Å². The fourth-order valence-corrected chi connectivity index (χ4v) is 4.91. The van der Waals surface area contributed by atoms with E-state index in [1.165, 1.54) is 23.5 Å². The van der Waals surface area contributed by atoms with Crippen LogP contribution in [0.25, 0.3) is 0 Å². The second-order valence-corrected chi connectivity index (χ2v) is 7.10. The molecule has 1 aliphatic heterocycles. The number of rotatable bonds is 3. The van der Waals surface area contributed by atoms with Crippen LogP contribution in [0.15, 0.2) is 36.4 Å². The van der Waals surface area contributed by atoms with Gasteiger partial charge < -0.3 is 5.32 Å². The zero-order valence-corrected chi connectivity index (χ0v) is 12.5. The zero-order chi connectivity index (χ0) is 15.7. The summed E-state index contributed by atoms with van der Waals surface area (Å²) in [4.78, 5) is 26.9. The number of hydrogen-bond acceptors (Lipinski definition) is 3. The van der Waals surface area contributed by atoms with Crippen molar-refractivity contribution in [3.8, 4) is 0 Å². The van der Waals surface area contributed by atoms with Gasteiger partial charge in [0.25, 0.3) is 0 Å². The molecule has 1 aromatic rings. The molecule has 0 unspecified atom stereocenters. The lowest BCUT2D eigenvalue weighted by Gasteiger charge is -2.37. The number of allylic oxidation sites excluding steroid dienone is 2. The van der Waals surface area contributed by atoms with Crippen molar-refractivity contribution in [2.24, 2.45) is 35.5 Å². The highest BCUT2D eigenvalue weighted by Gasteiger charge is 2.66. The van der Waals surface area contributed by atoms with E-state index in [4.69, 9.17) is 0 Å². The summed E-state index contributed by atoms with van der Waals surface area (Å²) in [5.74, 6) is 1.04. The average Bonchev–Trinajstić information content (AvgIpc) is 3.33. The number of carbonyl (C=O) groups is 2. The van der Waals surface area contributed by atoms with Crippen molar-refractivity contribution in [3.63, 3.8) is 0 Å². The second-order valence-electron chi connectivity index (χ2n) is 7.10. The highest BCUT2D eigenvalue weighted by Crippen LogP contribution is 2.65. The number of likely N-dealkylation sites (tertiary alicyclic amines) is 1. The van der Waals surface area contributed by atoms with Gasteiger partial charge in [-0.05, 0) is 54.4 Å². The number of benzene rings is 1. The summed E-state index contributed by atoms with van der Waals surface area (Å²) < 4.78 is 12.9. The molecule has 3 fully saturated rings. The summed E-state index contributed by atoms with van der Waals surface area (Å²) in [5.41, 5.74) is 0.700. The van der Waals surface area contributed by atoms with Crippen LogP contribution >= 0.6 is 0 Å². The van der Waals surface area contributed by atoms with Gasteiger partial charge in [-0.25, -0.2) is 4.39 Å². The fourth-order valence-electron chi connectivity index (χ4n) is 4.91. The van der Waals surface area contributed by atoms with E-state index < -0.39 is 0 Å². The van der Waals surface area contributed by atoms with Crippen molar-refractivity contribution in [1.82, 2.24) is 4.90 Å². The Morgan fingerprint density at radius 3 is 2.13 bits per heavy atom. The van der Waals surface area contributed by atoms with Crippen LogP contribution < -0.4 is 5.32 Å². The molecule has 6 rings (SSSR count). The summed E-state index contributed by atoms with van der Waals surface area (Å²) in [6.45, 7) is 0.158. The highest BCUT2D eigenvalue weighted by atomic mass is 19.1. The first-order chi connectivity index (χ1) is 11.1.